The summed E-state index contributed by atoms with van der Waals surface area (Å²) >= 11 is 0. The molecule has 0 aromatic carbocycles. The second kappa shape index (κ2) is 1.37. The number of Topliss-reactive ketones (excluding diaryl/α,β-unsaturated/α-hetero) is 1. The number of hydrogen-bond acceptors (Lipinski definition) is 2. The van der Waals surface area contributed by atoms with Crippen LogP contribution in [0.15, 0.2) is 5.76 Å². The van der Waals surface area contributed by atoms with Crippen molar-refractivity contribution in [3.05, 3.63) is 11.8 Å². The van der Waals surface area contributed by atoms with E-state index >= 15 is 0 Å². The molecule has 0 fully saturated rings. The van der Waals surface area contributed by atoms with Crippen LogP contribution in [0.1, 0.15) is 12.8 Å². The predicted molar refractivity (Wildman–Crippen MR) is 23.6 cm³/mol. The van der Waals surface area contributed by atoms with Crippen molar-refractivity contribution in [2.75, 3.05) is 0 Å². The van der Waals surface area contributed by atoms with Crippen molar-refractivity contribution in [1.82, 2.24) is 0 Å². The Bertz CT molecular complexity index is 124. The highest BCUT2D eigenvalue weighted by Gasteiger charge is 2.12. The van der Waals surface area contributed by atoms with Crippen LogP contribution in [0.5, 0.6) is 0 Å². The van der Waals surface area contributed by atoms with E-state index in [1.165, 1.54) is 0 Å². The van der Waals surface area contributed by atoms with Crippen molar-refractivity contribution in [2.24, 2.45) is 0 Å². The first-order valence-electron chi connectivity index (χ1n) is 2.13. The number of allylic oxidation sites excluding steroid dienone is 2. The first-order chi connectivity index (χ1) is 3.30. The maximum atomic E-state index is 10.2. The molecule has 0 aliphatic heterocycles. The Morgan fingerprint density at radius 2 is 2.43 bits per heavy atom. The Morgan fingerprint density at radius 3 is 2.57 bits per heavy atom. The Labute approximate surface area is 41.5 Å². The topological polar surface area (TPSA) is 37.3 Å². The second-order valence-electron chi connectivity index (χ2n) is 1.45. The Balaban J connectivity index is 2.72. The normalized spacial score (nSPS) is 20.0. The quantitative estimate of drug-likeness (QED) is 0.480. The molecule has 0 aromatic heterocycles. The molecule has 0 saturated carbocycles. The summed E-state index contributed by atoms with van der Waals surface area (Å²) in [6.45, 7) is 0. The largest absolute Gasteiger partial charge is 0.504 e. The van der Waals surface area contributed by atoms with Crippen LogP contribution in [-0.2, 0) is 4.79 Å². The summed E-state index contributed by atoms with van der Waals surface area (Å²) in [6, 6.07) is 0. The third-order valence-electron chi connectivity index (χ3n) is 0.909. The minimum absolute atomic E-state index is 0.181. The Kier molecular flexibility index (Phi) is 0.855. The molecule has 0 atom stereocenters. The van der Waals surface area contributed by atoms with Crippen LogP contribution in [0.2, 0.25) is 0 Å². The van der Waals surface area contributed by atoms with Crippen molar-refractivity contribution in [1.29, 1.82) is 0 Å². The summed E-state index contributed by atoms with van der Waals surface area (Å²) in [6.07, 6.45) is 3.52. The molecule has 0 heterocycles. The SMILES string of the molecule is O=C1CC[C]=C1O. The van der Waals surface area contributed by atoms with Gasteiger partial charge in [0.25, 0.3) is 0 Å². The number of carbonyl (C=O) groups excluding carboxylic acids is 1. The lowest BCUT2D eigenvalue weighted by Crippen LogP contribution is -1.91. The molecular weight excluding hydrogens is 92.1 g/mol. The fourth-order valence-corrected chi connectivity index (χ4v) is 0.511. The van der Waals surface area contributed by atoms with Crippen molar-refractivity contribution in [3.8, 4) is 0 Å². The van der Waals surface area contributed by atoms with Gasteiger partial charge in [0, 0.05) is 12.5 Å². The Morgan fingerprint density at radius 1 is 1.71 bits per heavy atom. The standard InChI is InChI=1S/C5H5O2/c6-4-2-1-3-5(4)7/h7H,1-2H2. The minimum Gasteiger partial charge on any atom is -0.504 e. The van der Waals surface area contributed by atoms with Crippen LogP contribution < -0.4 is 0 Å². The van der Waals surface area contributed by atoms with Crippen LogP contribution in [-0.4, -0.2) is 10.9 Å². The molecule has 0 bridgehead atoms. The van der Waals surface area contributed by atoms with Gasteiger partial charge >= 0.3 is 0 Å². The summed E-state index contributed by atoms with van der Waals surface area (Å²) < 4.78 is 0. The minimum atomic E-state index is -0.181. The molecular formula is C5H5O2. The molecule has 0 spiro atoms. The van der Waals surface area contributed by atoms with E-state index in [1.54, 1.807) is 0 Å². The van der Waals surface area contributed by atoms with Crippen molar-refractivity contribution < 1.29 is 9.90 Å². The van der Waals surface area contributed by atoms with E-state index in [0.29, 0.717) is 12.8 Å². The van der Waals surface area contributed by atoms with Gasteiger partial charge in [-0.25, -0.2) is 0 Å². The molecule has 1 radical (unpaired) electrons. The van der Waals surface area contributed by atoms with E-state index < -0.39 is 0 Å². The average molecular weight is 97.1 g/mol. The van der Waals surface area contributed by atoms with E-state index in [4.69, 9.17) is 5.11 Å². The summed E-state index contributed by atoms with van der Waals surface area (Å²) in [5.74, 6) is -0.361. The second-order valence-corrected chi connectivity index (χ2v) is 1.45. The number of hydrogen-bond donors (Lipinski definition) is 1. The molecule has 1 N–H and O–H groups in total. The fourth-order valence-electron chi connectivity index (χ4n) is 0.511. The average Bonchev–Trinajstić information content (AvgIpc) is 1.91. The van der Waals surface area contributed by atoms with Gasteiger partial charge in [-0.2, -0.15) is 0 Å². The zero-order valence-corrected chi connectivity index (χ0v) is 3.77. The maximum absolute atomic E-state index is 10.2. The maximum Gasteiger partial charge on any atom is 0.197 e. The molecule has 0 unspecified atom stereocenters. The van der Waals surface area contributed by atoms with Gasteiger partial charge in [0.1, 0.15) is 0 Å². The third kappa shape index (κ3) is 0.633. The fraction of sp³-hybridized carbons (Fsp3) is 0.400. The summed E-state index contributed by atoms with van der Waals surface area (Å²) in [5, 5.41) is 8.45. The molecule has 0 saturated heterocycles. The highest BCUT2D eigenvalue weighted by atomic mass is 16.3. The van der Waals surface area contributed by atoms with E-state index in [-0.39, 0.29) is 11.5 Å². The number of carbonyl (C=O) groups is 1. The highest BCUT2D eigenvalue weighted by Crippen LogP contribution is 2.08. The first-order valence-corrected chi connectivity index (χ1v) is 2.13. The lowest BCUT2D eigenvalue weighted by Gasteiger charge is -1.80. The van der Waals surface area contributed by atoms with Gasteiger partial charge in [0.15, 0.2) is 11.5 Å². The molecule has 1 aliphatic rings. The van der Waals surface area contributed by atoms with Crippen LogP contribution in [0, 0.1) is 6.08 Å². The molecule has 7 heavy (non-hydrogen) atoms. The Hall–Kier alpha value is -0.790. The number of aliphatic hydroxyl groups excluding tert-OH is 1. The van der Waals surface area contributed by atoms with Crippen LogP contribution in [0.25, 0.3) is 0 Å². The van der Waals surface area contributed by atoms with Gasteiger partial charge in [-0.15, -0.1) is 0 Å². The number of rotatable bonds is 0. The molecule has 1 aliphatic carbocycles. The van der Waals surface area contributed by atoms with Gasteiger partial charge < -0.3 is 5.11 Å². The molecule has 2 heteroatoms. The number of ketones is 1. The van der Waals surface area contributed by atoms with Gasteiger partial charge in [0.05, 0.1) is 0 Å². The number of aliphatic hydroxyl groups is 1. The van der Waals surface area contributed by atoms with Crippen LogP contribution in [0.3, 0.4) is 0 Å². The van der Waals surface area contributed by atoms with Crippen LogP contribution >= 0.6 is 0 Å². The molecule has 37 valence electrons. The van der Waals surface area contributed by atoms with Gasteiger partial charge in [-0.3, -0.25) is 4.79 Å². The molecule has 0 aromatic rings. The summed E-state index contributed by atoms with van der Waals surface area (Å²) in [4.78, 5) is 10.2. The van der Waals surface area contributed by atoms with E-state index in [9.17, 15) is 4.79 Å². The van der Waals surface area contributed by atoms with E-state index in [0.717, 1.165) is 0 Å². The smallest absolute Gasteiger partial charge is 0.197 e. The molecule has 2 nitrogen and oxygen atoms in total. The lowest BCUT2D eigenvalue weighted by molar-refractivity contribution is -0.117. The molecule has 1 rings (SSSR count). The van der Waals surface area contributed by atoms with Crippen molar-refractivity contribution >= 4 is 5.78 Å². The van der Waals surface area contributed by atoms with Gasteiger partial charge in [-0.1, -0.05) is 0 Å². The molecule has 0 amide bonds. The van der Waals surface area contributed by atoms with E-state index in [2.05, 4.69) is 6.08 Å². The van der Waals surface area contributed by atoms with Crippen LogP contribution in [0.4, 0.5) is 0 Å². The third-order valence-corrected chi connectivity index (χ3v) is 0.909. The summed E-state index contributed by atoms with van der Waals surface area (Å²) in [7, 11) is 0. The van der Waals surface area contributed by atoms with Gasteiger partial charge in [-0.05, 0) is 6.42 Å². The monoisotopic (exact) mass is 97.0 g/mol. The lowest BCUT2D eigenvalue weighted by atomic mass is 10.3. The first kappa shape index (κ1) is 4.37. The zero-order chi connectivity index (χ0) is 5.28. The predicted octanol–water partition coefficient (Wildman–Crippen LogP) is 0.594. The van der Waals surface area contributed by atoms with Crippen molar-refractivity contribution in [3.63, 3.8) is 0 Å². The summed E-state index contributed by atoms with van der Waals surface area (Å²) in [5.41, 5.74) is 0. The van der Waals surface area contributed by atoms with Crippen molar-refractivity contribution in [2.45, 2.75) is 12.8 Å². The highest BCUT2D eigenvalue weighted by molar-refractivity contribution is 5.94. The zero-order valence-electron chi connectivity index (χ0n) is 3.77. The van der Waals surface area contributed by atoms with Gasteiger partial charge in [0.2, 0.25) is 0 Å². The van der Waals surface area contributed by atoms with E-state index in [1.807, 2.05) is 0 Å².